The Morgan fingerprint density at radius 2 is 1.71 bits per heavy atom. The van der Waals surface area contributed by atoms with E-state index in [2.05, 4.69) is 0 Å². The van der Waals surface area contributed by atoms with Gasteiger partial charge >= 0.3 is 5.97 Å². The van der Waals surface area contributed by atoms with Gasteiger partial charge in [-0.1, -0.05) is 29.8 Å². The van der Waals surface area contributed by atoms with Crippen LogP contribution < -0.4 is 0 Å². The van der Waals surface area contributed by atoms with Crippen molar-refractivity contribution in [2.45, 2.75) is 6.92 Å². The summed E-state index contributed by atoms with van der Waals surface area (Å²) in [6.45, 7) is 1.57. The van der Waals surface area contributed by atoms with Gasteiger partial charge in [-0.3, -0.25) is 14.9 Å². The van der Waals surface area contributed by atoms with Crippen LogP contribution in [0.4, 0.5) is 5.69 Å². The van der Waals surface area contributed by atoms with E-state index >= 15 is 0 Å². The molecule has 0 heterocycles. The minimum atomic E-state index is -0.659. The van der Waals surface area contributed by atoms with E-state index in [4.69, 9.17) is 4.74 Å². The van der Waals surface area contributed by atoms with Crippen molar-refractivity contribution >= 4 is 23.5 Å². The molecule has 2 aromatic carbocycles. The van der Waals surface area contributed by atoms with Gasteiger partial charge in [0.25, 0.3) is 5.69 Å². The van der Waals surface area contributed by atoms with Gasteiger partial charge in [0.2, 0.25) is 0 Å². The summed E-state index contributed by atoms with van der Waals surface area (Å²) < 4.78 is 4.89. The van der Waals surface area contributed by atoms with Crippen molar-refractivity contribution in [3.8, 4) is 0 Å². The summed E-state index contributed by atoms with van der Waals surface area (Å²) in [5, 5.41) is 10.5. The molecule has 0 saturated carbocycles. The number of benzene rings is 2. The fourth-order valence-corrected chi connectivity index (χ4v) is 1.88. The number of hydrogen-bond donors (Lipinski definition) is 0. The molecule has 6 nitrogen and oxygen atoms in total. The smallest absolute Gasteiger partial charge is 0.331 e. The van der Waals surface area contributed by atoms with Crippen LogP contribution >= 0.6 is 0 Å². The number of Topliss-reactive ketones (excluding diaryl/α,β-unsaturated/α-hetero) is 1. The van der Waals surface area contributed by atoms with Crippen LogP contribution in [0, 0.1) is 17.0 Å². The van der Waals surface area contributed by atoms with Gasteiger partial charge in [0, 0.05) is 23.8 Å². The normalized spacial score (nSPS) is 10.5. The molecule has 122 valence electrons. The van der Waals surface area contributed by atoms with E-state index in [1.165, 1.54) is 36.4 Å². The van der Waals surface area contributed by atoms with Gasteiger partial charge in [0.15, 0.2) is 12.4 Å². The lowest BCUT2D eigenvalue weighted by atomic mass is 10.1. The molecule has 0 amide bonds. The van der Waals surface area contributed by atoms with Gasteiger partial charge in [0.1, 0.15) is 0 Å². The van der Waals surface area contributed by atoms with Crippen LogP contribution in [-0.4, -0.2) is 23.3 Å². The first-order chi connectivity index (χ1) is 11.5. The summed E-state index contributed by atoms with van der Waals surface area (Å²) in [4.78, 5) is 33.5. The van der Waals surface area contributed by atoms with Crippen molar-refractivity contribution in [1.82, 2.24) is 0 Å². The number of aryl methyl sites for hydroxylation is 1. The Hall–Kier alpha value is -3.28. The lowest BCUT2D eigenvalue weighted by molar-refractivity contribution is -0.384. The summed E-state index contributed by atoms with van der Waals surface area (Å²) in [5.41, 5.74) is 2.10. The highest BCUT2D eigenvalue weighted by Gasteiger charge is 2.08. The monoisotopic (exact) mass is 325 g/mol. The number of carbonyl (C=O) groups is 2. The Labute approximate surface area is 138 Å². The SMILES string of the molecule is Cc1ccc(C(=O)COC(=O)C=Cc2ccc([N+](=O)[O-])cc2)cc1. The van der Waals surface area contributed by atoms with Crippen molar-refractivity contribution in [3.63, 3.8) is 0 Å². The number of non-ortho nitro benzene ring substituents is 1. The number of ether oxygens (including phenoxy) is 1. The van der Waals surface area contributed by atoms with E-state index in [1.54, 1.807) is 12.1 Å². The lowest BCUT2D eigenvalue weighted by Gasteiger charge is -2.02. The fourth-order valence-electron chi connectivity index (χ4n) is 1.88. The fraction of sp³-hybridized carbons (Fsp3) is 0.111. The minimum absolute atomic E-state index is 0.0292. The van der Waals surface area contributed by atoms with E-state index < -0.39 is 10.9 Å². The standard InChI is InChI=1S/C18H15NO5/c1-13-2-7-15(8-3-13)17(20)12-24-18(21)11-6-14-4-9-16(10-5-14)19(22)23/h2-11H,12H2,1H3. The average molecular weight is 325 g/mol. The Balaban J connectivity index is 1.87. The summed E-state index contributed by atoms with van der Waals surface area (Å²) in [7, 11) is 0. The molecule has 0 unspecified atom stereocenters. The summed E-state index contributed by atoms with van der Waals surface area (Å²) in [6, 6.07) is 12.7. The van der Waals surface area contributed by atoms with E-state index in [9.17, 15) is 19.7 Å². The second-order valence-corrected chi connectivity index (χ2v) is 5.08. The molecule has 0 aliphatic rings. The predicted molar refractivity (Wildman–Crippen MR) is 88.6 cm³/mol. The molecule has 0 atom stereocenters. The molecular weight excluding hydrogens is 310 g/mol. The number of nitro benzene ring substituents is 1. The maximum absolute atomic E-state index is 11.9. The van der Waals surface area contributed by atoms with Crippen molar-refractivity contribution < 1.29 is 19.2 Å². The number of hydrogen-bond acceptors (Lipinski definition) is 5. The Bertz CT molecular complexity index is 776. The number of ketones is 1. The third-order valence-corrected chi connectivity index (χ3v) is 3.23. The number of esters is 1. The van der Waals surface area contributed by atoms with Gasteiger partial charge in [-0.15, -0.1) is 0 Å². The molecular formula is C18H15NO5. The van der Waals surface area contributed by atoms with Crippen molar-refractivity contribution in [1.29, 1.82) is 0 Å². The molecule has 0 N–H and O–H groups in total. The van der Waals surface area contributed by atoms with Crippen LogP contribution in [0.2, 0.25) is 0 Å². The zero-order valence-corrected chi connectivity index (χ0v) is 13.0. The highest BCUT2D eigenvalue weighted by molar-refractivity contribution is 5.98. The number of nitrogens with zero attached hydrogens (tertiary/aromatic N) is 1. The van der Waals surface area contributed by atoms with Crippen molar-refractivity contribution in [3.05, 3.63) is 81.4 Å². The summed E-state index contributed by atoms with van der Waals surface area (Å²) in [5.74, 6) is -0.944. The van der Waals surface area contributed by atoms with Gasteiger partial charge in [-0.2, -0.15) is 0 Å². The van der Waals surface area contributed by atoms with Crippen molar-refractivity contribution in [2.75, 3.05) is 6.61 Å². The Morgan fingerprint density at radius 1 is 1.08 bits per heavy atom. The molecule has 0 aliphatic heterocycles. The molecule has 0 fully saturated rings. The molecule has 24 heavy (non-hydrogen) atoms. The molecule has 0 spiro atoms. The van der Waals surface area contributed by atoms with Crippen LogP contribution in [0.15, 0.2) is 54.6 Å². The minimum Gasteiger partial charge on any atom is -0.454 e. The maximum Gasteiger partial charge on any atom is 0.331 e. The van der Waals surface area contributed by atoms with Gasteiger partial charge in [0.05, 0.1) is 4.92 Å². The molecule has 2 rings (SSSR count). The van der Waals surface area contributed by atoms with Crippen LogP contribution in [0.3, 0.4) is 0 Å². The summed E-state index contributed by atoms with van der Waals surface area (Å²) >= 11 is 0. The highest BCUT2D eigenvalue weighted by Crippen LogP contribution is 2.13. The quantitative estimate of drug-likeness (QED) is 0.267. The lowest BCUT2D eigenvalue weighted by Crippen LogP contribution is -2.12. The van der Waals surface area contributed by atoms with Gasteiger partial charge < -0.3 is 4.74 Å². The Morgan fingerprint density at radius 3 is 2.29 bits per heavy atom. The molecule has 0 bridgehead atoms. The largest absolute Gasteiger partial charge is 0.454 e. The van der Waals surface area contributed by atoms with Crippen LogP contribution in [-0.2, 0) is 9.53 Å². The molecule has 0 aliphatic carbocycles. The third kappa shape index (κ3) is 4.88. The van der Waals surface area contributed by atoms with Crippen LogP contribution in [0.25, 0.3) is 6.08 Å². The topological polar surface area (TPSA) is 86.5 Å². The first kappa shape index (κ1) is 17.1. The van der Waals surface area contributed by atoms with Crippen molar-refractivity contribution in [2.24, 2.45) is 0 Å². The third-order valence-electron chi connectivity index (χ3n) is 3.23. The predicted octanol–water partition coefficient (Wildman–Crippen LogP) is 3.34. The zero-order chi connectivity index (χ0) is 17.5. The molecule has 0 saturated heterocycles. The van der Waals surface area contributed by atoms with Crippen LogP contribution in [0.1, 0.15) is 21.5 Å². The number of nitro groups is 1. The molecule has 0 aromatic heterocycles. The Kier molecular flexibility index (Phi) is 5.57. The molecule has 2 aromatic rings. The van der Waals surface area contributed by atoms with Gasteiger partial charge in [-0.05, 0) is 30.7 Å². The first-order valence-corrected chi connectivity index (χ1v) is 7.15. The molecule has 6 heteroatoms. The zero-order valence-electron chi connectivity index (χ0n) is 13.0. The second-order valence-electron chi connectivity index (χ2n) is 5.08. The van der Waals surface area contributed by atoms with Crippen LogP contribution in [0.5, 0.6) is 0 Å². The van der Waals surface area contributed by atoms with E-state index in [1.807, 2.05) is 19.1 Å². The van der Waals surface area contributed by atoms with E-state index in [0.717, 1.165) is 5.56 Å². The average Bonchev–Trinajstić information content (AvgIpc) is 2.58. The first-order valence-electron chi connectivity index (χ1n) is 7.15. The van der Waals surface area contributed by atoms with Gasteiger partial charge in [-0.25, -0.2) is 4.79 Å². The highest BCUT2D eigenvalue weighted by atomic mass is 16.6. The number of carbonyl (C=O) groups excluding carboxylic acids is 2. The van der Waals surface area contributed by atoms with E-state index in [0.29, 0.717) is 11.1 Å². The summed E-state index contributed by atoms with van der Waals surface area (Å²) in [6.07, 6.45) is 2.63. The van der Waals surface area contributed by atoms with E-state index in [-0.39, 0.29) is 18.1 Å². The maximum atomic E-state index is 11.9. The number of rotatable bonds is 6. The molecule has 0 radical (unpaired) electrons. The second kappa shape index (κ2) is 7.82.